The van der Waals surface area contributed by atoms with Crippen LogP contribution in [0.1, 0.15) is 26.3 Å². The van der Waals surface area contributed by atoms with Gasteiger partial charge in [-0.1, -0.05) is 23.7 Å². The fourth-order valence-corrected chi connectivity index (χ4v) is 2.31. The van der Waals surface area contributed by atoms with Crippen LogP contribution in [0, 0.1) is 0 Å². The van der Waals surface area contributed by atoms with Gasteiger partial charge in [-0.05, 0) is 19.1 Å². The van der Waals surface area contributed by atoms with E-state index in [9.17, 15) is 14.4 Å². The van der Waals surface area contributed by atoms with Gasteiger partial charge in [0.1, 0.15) is 5.76 Å². The maximum Gasteiger partial charge on any atom is 0.308 e. The molecule has 0 saturated carbocycles. The third-order valence-electron chi connectivity index (χ3n) is 3.00. The molecule has 116 valence electrons. The number of benzene rings is 1. The number of rotatable bonds is 3. The molecule has 1 aliphatic rings. The molecular weight excluding hydrogens is 310 g/mol. The minimum atomic E-state index is -1.76. The van der Waals surface area contributed by atoms with Crippen molar-refractivity contribution in [3.05, 3.63) is 46.4 Å². The van der Waals surface area contributed by atoms with Gasteiger partial charge in [0.05, 0.1) is 0 Å². The van der Waals surface area contributed by atoms with Crippen molar-refractivity contribution in [2.24, 2.45) is 0 Å². The van der Waals surface area contributed by atoms with Gasteiger partial charge in [-0.2, -0.15) is 0 Å². The second kappa shape index (κ2) is 5.81. The van der Waals surface area contributed by atoms with Gasteiger partial charge in [-0.25, -0.2) is 0 Å². The first-order chi connectivity index (χ1) is 10.3. The quantitative estimate of drug-likeness (QED) is 0.861. The van der Waals surface area contributed by atoms with Crippen molar-refractivity contribution >= 4 is 29.3 Å². The average Bonchev–Trinajstić information content (AvgIpc) is 2.64. The number of ketones is 1. The first-order valence-electron chi connectivity index (χ1n) is 6.44. The van der Waals surface area contributed by atoms with Gasteiger partial charge < -0.3 is 14.8 Å². The van der Waals surface area contributed by atoms with Gasteiger partial charge in [-0.15, -0.1) is 0 Å². The number of ether oxygens (including phenoxy) is 2. The molecule has 0 saturated heterocycles. The summed E-state index contributed by atoms with van der Waals surface area (Å²) in [4.78, 5) is 35.4. The average molecular weight is 324 g/mol. The Kier molecular flexibility index (Phi) is 4.23. The number of hydrogen-bond acceptors (Lipinski definition) is 5. The molecule has 0 aliphatic carbocycles. The lowest BCUT2D eigenvalue weighted by Gasteiger charge is -2.28. The van der Waals surface area contributed by atoms with Crippen LogP contribution in [-0.4, -0.2) is 17.7 Å². The molecule has 1 heterocycles. The van der Waals surface area contributed by atoms with Gasteiger partial charge in [0.15, 0.2) is 0 Å². The maximum atomic E-state index is 12.7. The lowest BCUT2D eigenvalue weighted by molar-refractivity contribution is -0.147. The van der Waals surface area contributed by atoms with Gasteiger partial charge in [-0.3, -0.25) is 14.4 Å². The van der Waals surface area contributed by atoms with Gasteiger partial charge in [0.2, 0.25) is 11.7 Å². The normalized spacial score (nSPS) is 20.6. The van der Waals surface area contributed by atoms with E-state index in [2.05, 4.69) is 5.32 Å². The minimum Gasteiger partial charge on any atom is -0.456 e. The van der Waals surface area contributed by atoms with Crippen LogP contribution in [0.3, 0.4) is 0 Å². The van der Waals surface area contributed by atoms with E-state index in [-0.39, 0.29) is 11.5 Å². The zero-order valence-corrected chi connectivity index (χ0v) is 13.0. The number of halogens is 1. The number of carbonyl (C=O) groups is 3. The molecule has 0 spiro atoms. The van der Waals surface area contributed by atoms with E-state index < -0.39 is 23.4 Å². The van der Waals surface area contributed by atoms with E-state index in [0.717, 1.165) is 0 Å². The lowest BCUT2D eigenvalue weighted by Crippen LogP contribution is -2.50. The van der Waals surface area contributed by atoms with Crippen molar-refractivity contribution in [3.8, 4) is 0 Å². The molecule has 1 aromatic carbocycles. The Hall–Kier alpha value is -2.34. The molecule has 2 rings (SSSR count). The summed E-state index contributed by atoms with van der Waals surface area (Å²) in [6, 6.07) is 6.24. The summed E-state index contributed by atoms with van der Waals surface area (Å²) in [6.07, 6.45) is 0. The van der Waals surface area contributed by atoms with Crippen molar-refractivity contribution in [3.63, 3.8) is 0 Å². The Labute approximate surface area is 132 Å². The molecule has 1 amide bonds. The van der Waals surface area contributed by atoms with E-state index in [1.165, 1.54) is 20.8 Å². The smallest absolute Gasteiger partial charge is 0.308 e. The molecule has 1 aliphatic heterocycles. The highest BCUT2D eigenvalue weighted by atomic mass is 35.5. The van der Waals surface area contributed by atoms with Crippen LogP contribution in [0.25, 0.3) is 0 Å². The van der Waals surface area contributed by atoms with E-state index in [1.807, 2.05) is 0 Å². The first kappa shape index (κ1) is 16.0. The van der Waals surface area contributed by atoms with Crippen molar-refractivity contribution in [1.82, 2.24) is 5.32 Å². The molecule has 0 bridgehead atoms. The Bertz CT molecular complexity index is 680. The summed E-state index contributed by atoms with van der Waals surface area (Å²) in [5.41, 5.74) is -1.38. The predicted octanol–water partition coefficient (Wildman–Crippen LogP) is 2.02. The highest BCUT2D eigenvalue weighted by molar-refractivity contribution is 6.30. The number of esters is 1. The first-order valence-corrected chi connectivity index (χ1v) is 6.82. The molecule has 1 aromatic rings. The summed E-state index contributed by atoms with van der Waals surface area (Å²) in [5, 5.41) is 2.96. The Morgan fingerprint density at radius 1 is 1.23 bits per heavy atom. The second-order valence-corrected chi connectivity index (χ2v) is 5.22. The molecular formula is C15H14ClNO5. The molecule has 6 nitrogen and oxygen atoms in total. The van der Waals surface area contributed by atoms with Gasteiger partial charge in [0.25, 0.3) is 11.5 Å². The molecule has 1 atom stereocenters. The van der Waals surface area contributed by atoms with Crippen LogP contribution in [0.5, 0.6) is 0 Å². The van der Waals surface area contributed by atoms with Crippen molar-refractivity contribution in [2.45, 2.75) is 26.5 Å². The Morgan fingerprint density at radius 2 is 1.82 bits per heavy atom. The summed E-state index contributed by atoms with van der Waals surface area (Å²) < 4.78 is 10.5. The summed E-state index contributed by atoms with van der Waals surface area (Å²) in [5.74, 6) is -1.89. The SMILES string of the molecule is CC(=O)NC1(c2ccc(Cl)cc2)OC(C)=C(OC(C)=O)C1=O. The topological polar surface area (TPSA) is 81.7 Å². The highest BCUT2D eigenvalue weighted by Crippen LogP contribution is 2.37. The van der Waals surface area contributed by atoms with Crippen LogP contribution in [0.15, 0.2) is 35.8 Å². The predicted molar refractivity (Wildman–Crippen MR) is 77.5 cm³/mol. The molecule has 1 unspecified atom stereocenters. The fourth-order valence-electron chi connectivity index (χ4n) is 2.18. The van der Waals surface area contributed by atoms with E-state index in [1.54, 1.807) is 24.3 Å². The van der Waals surface area contributed by atoms with Crippen molar-refractivity contribution in [2.75, 3.05) is 0 Å². The number of carbonyl (C=O) groups excluding carboxylic acids is 3. The van der Waals surface area contributed by atoms with E-state index in [0.29, 0.717) is 10.6 Å². The number of amides is 1. The lowest BCUT2D eigenvalue weighted by atomic mass is 9.98. The summed E-state index contributed by atoms with van der Waals surface area (Å²) in [7, 11) is 0. The summed E-state index contributed by atoms with van der Waals surface area (Å²) >= 11 is 5.84. The molecule has 0 aromatic heterocycles. The summed E-state index contributed by atoms with van der Waals surface area (Å²) in [6.45, 7) is 3.91. The maximum absolute atomic E-state index is 12.7. The number of allylic oxidation sites excluding steroid dienone is 1. The minimum absolute atomic E-state index is 0.115. The van der Waals surface area contributed by atoms with Crippen LogP contribution < -0.4 is 5.32 Å². The molecule has 0 fully saturated rings. The third kappa shape index (κ3) is 2.82. The fraction of sp³-hybridized carbons (Fsp3) is 0.267. The van der Waals surface area contributed by atoms with Crippen LogP contribution >= 0.6 is 11.6 Å². The van der Waals surface area contributed by atoms with Crippen molar-refractivity contribution in [1.29, 1.82) is 0 Å². The van der Waals surface area contributed by atoms with Crippen molar-refractivity contribution < 1.29 is 23.9 Å². The Balaban J connectivity index is 2.49. The van der Waals surface area contributed by atoms with Crippen LogP contribution in [0.4, 0.5) is 0 Å². The molecule has 0 radical (unpaired) electrons. The van der Waals surface area contributed by atoms with Crippen LogP contribution in [0.2, 0.25) is 5.02 Å². The number of Topliss-reactive ketones (excluding diaryl/α,β-unsaturated/α-hetero) is 1. The van der Waals surface area contributed by atoms with E-state index >= 15 is 0 Å². The number of hydrogen-bond donors (Lipinski definition) is 1. The Morgan fingerprint density at radius 3 is 2.32 bits per heavy atom. The largest absolute Gasteiger partial charge is 0.456 e. The standard InChI is InChI=1S/C15H14ClNO5/c1-8-13(21-10(3)19)14(20)15(22-8,17-9(2)18)11-4-6-12(16)7-5-11/h4-7H,1-3H3,(H,17,18). The zero-order valence-electron chi connectivity index (χ0n) is 12.2. The molecule has 7 heteroatoms. The molecule has 22 heavy (non-hydrogen) atoms. The number of nitrogens with one attached hydrogen (secondary N) is 1. The molecule has 1 N–H and O–H groups in total. The van der Waals surface area contributed by atoms with Gasteiger partial charge >= 0.3 is 5.97 Å². The van der Waals surface area contributed by atoms with Gasteiger partial charge in [0, 0.05) is 24.4 Å². The zero-order chi connectivity index (χ0) is 16.5. The second-order valence-electron chi connectivity index (χ2n) is 4.78. The highest BCUT2D eigenvalue weighted by Gasteiger charge is 2.52. The third-order valence-corrected chi connectivity index (χ3v) is 3.25. The monoisotopic (exact) mass is 323 g/mol. The van der Waals surface area contributed by atoms with E-state index in [4.69, 9.17) is 21.1 Å². The van der Waals surface area contributed by atoms with Crippen LogP contribution in [-0.2, 0) is 29.6 Å².